The van der Waals surface area contributed by atoms with Crippen molar-refractivity contribution in [3.63, 3.8) is 0 Å². The van der Waals surface area contributed by atoms with Crippen LogP contribution in [0.1, 0.15) is 6.42 Å². The Bertz CT molecular complexity index is 347. The fraction of sp³-hybridized carbons (Fsp3) is 0.333. The summed E-state index contributed by atoms with van der Waals surface area (Å²) in [6.07, 6.45) is 1.59. The number of allylic oxidation sites excluding steroid dienone is 3. The van der Waals surface area contributed by atoms with E-state index in [1.165, 1.54) is 0 Å². The Balaban J connectivity index is 3.02. The van der Waals surface area contributed by atoms with Gasteiger partial charge in [-0.15, -0.1) is 0 Å². The van der Waals surface area contributed by atoms with Crippen molar-refractivity contribution in [1.29, 1.82) is 0 Å². The van der Waals surface area contributed by atoms with E-state index in [4.69, 9.17) is 10.7 Å². The molecule has 0 fully saturated rings. The van der Waals surface area contributed by atoms with E-state index < -0.39 is 26.3 Å². The Morgan fingerprint density at radius 1 is 1.58 bits per heavy atom. The zero-order chi connectivity index (χ0) is 9.41. The van der Waals surface area contributed by atoms with Gasteiger partial charge in [-0.2, -0.15) is 0 Å². The summed E-state index contributed by atoms with van der Waals surface area (Å²) in [6, 6.07) is 0. The summed E-state index contributed by atoms with van der Waals surface area (Å²) in [7, 11) is 0.454. The first-order valence-electron chi connectivity index (χ1n) is 3.03. The molecule has 68 valence electrons. The Morgan fingerprint density at radius 3 is 2.50 bits per heavy atom. The maximum Gasteiger partial charge on any atom is 0.271 e. The summed E-state index contributed by atoms with van der Waals surface area (Å²) in [4.78, 5) is 0. The normalized spacial score (nSPS) is 30.1. The molecule has 0 saturated heterocycles. The second kappa shape index (κ2) is 2.81. The summed E-state index contributed by atoms with van der Waals surface area (Å²) in [5.74, 6) is -0.663. The van der Waals surface area contributed by atoms with Crippen molar-refractivity contribution in [1.82, 2.24) is 0 Å². The first kappa shape index (κ1) is 9.67. The van der Waals surface area contributed by atoms with Crippen LogP contribution in [0.3, 0.4) is 0 Å². The van der Waals surface area contributed by atoms with Gasteiger partial charge in [0.15, 0.2) is 0 Å². The molecule has 1 aliphatic rings. The molecular weight excluding hydrogens is 210 g/mol. The van der Waals surface area contributed by atoms with Gasteiger partial charge in [-0.3, -0.25) is 0 Å². The van der Waals surface area contributed by atoms with Crippen LogP contribution in [0, 0.1) is 0 Å². The lowest BCUT2D eigenvalue weighted by molar-refractivity contribution is 0.332. The van der Waals surface area contributed by atoms with Gasteiger partial charge in [0.05, 0.1) is 0 Å². The quantitative estimate of drug-likeness (QED) is 0.626. The third kappa shape index (κ3) is 1.67. The van der Waals surface area contributed by atoms with Crippen molar-refractivity contribution in [3.8, 4) is 0 Å². The van der Waals surface area contributed by atoms with Crippen molar-refractivity contribution in [2.24, 2.45) is 0 Å². The summed E-state index contributed by atoms with van der Waals surface area (Å²) in [6.45, 7) is 0. The van der Waals surface area contributed by atoms with E-state index in [9.17, 15) is 17.2 Å². The van der Waals surface area contributed by atoms with E-state index in [0.29, 0.717) is 6.08 Å². The molecule has 12 heavy (non-hydrogen) atoms. The zero-order valence-corrected chi connectivity index (χ0v) is 7.37. The minimum atomic E-state index is -4.34. The molecular formula is C6H5ClF2O2S. The van der Waals surface area contributed by atoms with Crippen LogP contribution in [-0.2, 0) is 9.05 Å². The lowest BCUT2D eigenvalue weighted by Gasteiger charge is -2.17. The summed E-state index contributed by atoms with van der Waals surface area (Å²) in [5, 5.41) is -2.66. The van der Waals surface area contributed by atoms with Crippen LogP contribution in [0.15, 0.2) is 24.1 Å². The molecule has 0 aliphatic heterocycles. The summed E-state index contributed by atoms with van der Waals surface area (Å²) in [5.41, 5.74) is 0. The molecule has 0 aromatic rings. The lowest BCUT2D eigenvalue weighted by Crippen LogP contribution is -2.28. The van der Waals surface area contributed by atoms with Crippen LogP contribution in [0.25, 0.3) is 0 Å². The van der Waals surface area contributed by atoms with Gasteiger partial charge in [0.25, 0.3) is 9.05 Å². The van der Waals surface area contributed by atoms with E-state index in [1.54, 1.807) is 0 Å². The van der Waals surface area contributed by atoms with Crippen LogP contribution < -0.4 is 0 Å². The summed E-state index contributed by atoms with van der Waals surface area (Å²) < 4.78 is 46.7. The Kier molecular flexibility index (Phi) is 2.27. The van der Waals surface area contributed by atoms with E-state index in [1.807, 2.05) is 0 Å². The molecule has 0 heterocycles. The van der Waals surface area contributed by atoms with Gasteiger partial charge < -0.3 is 0 Å². The zero-order valence-electron chi connectivity index (χ0n) is 5.80. The molecule has 1 aliphatic carbocycles. The molecule has 1 atom stereocenters. The molecule has 2 nitrogen and oxygen atoms in total. The molecule has 6 heteroatoms. The van der Waals surface area contributed by atoms with E-state index in [-0.39, 0.29) is 0 Å². The van der Waals surface area contributed by atoms with Crippen LogP contribution in [-0.4, -0.2) is 13.4 Å². The Labute approximate surface area is 72.9 Å². The van der Waals surface area contributed by atoms with Crippen LogP contribution in [0.5, 0.6) is 0 Å². The molecule has 0 aromatic carbocycles. The smallest absolute Gasteiger partial charge is 0.220 e. The lowest BCUT2D eigenvalue weighted by atomic mass is 10.1. The number of halogens is 3. The first-order chi connectivity index (χ1) is 5.35. The van der Waals surface area contributed by atoms with Crippen molar-refractivity contribution in [3.05, 3.63) is 24.1 Å². The van der Waals surface area contributed by atoms with Crippen molar-refractivity contribution < 1.29 is 17.2 Å². The predicted molar refractivity (Wildman–Crippen MR) is 41.6 cm³/mol. The third-order valence-electron chi connectivity index (χ3n) is 1.47. The highest BCUT2D eigenvalue weighted by molar-refractivity contribution is 8.14. The topological polar surface area (TPSA) is 34.1 Å². The fourth-order valence-electron chi connectivity index (χ4n) is 0.758. The molecule has 0 aromatic heterocycles. The van der Waals surface area contributed by atoms with Gasteiger partial charge in [-0.05, 0) is 18.2 Å². The van der Waals surface area contributed by atoms with E-state index >= 15 is 0 Å². The Morgan fingerprint density at radius 2 is 2.17 bits per heavy atom. The second-order valence-electron chi connectivity index (χ2n) is 2.35. The molecule has 0 spiro atoms. The highest BCUT2D eigenvalue weighted by Gasteiger charge is 2.41. The van der Waals surface area contributed by atoms with Gasteiger partial charge in [0.1, 0.15) is 5.83 Å². The maximum atomic E-state index is 13.2. The van der Waals surface area contributed by atoms with Crippen LogP contribution in [0.2, 0.25) is 0 Å². The standard InChI is InChI=1S/C6H5ClF2O2S/c7-12(10,11)6(9)3-1-5(8)2-4-6/h1-3H,4H2. The van der Waals surface area contributed by atoms with Crippen LogP contribution >= 0.6 is 10.7 Å². The summed E-state index contributed by atoms with van der Waals surface area (Å²) >= 11 is 0. The third-order valence-corrected chi connectivity index (χ3v) is 3.36. The van der Waals surface area contributed by atoms with Gasteiger partial charge in [0.2, 0.25) is 5.00 Å². The van der Waals surface area contributed by atoms with Gasteiger partial charge in [-0.25, -0.2) is 17.2 Å². The largest absolute Gasteiger partial charge is 0.271 e. The van der Waals surface area contributed by atoms with Crippen molar-refractivity contribution in [2.45, 2.75) is 11.4 Å². The number of hydrogen-bond acceptors (Lipinski definition) is 2. The second-order valence-corrected chi connectivity index (χ2v) is 5.12. The van der Waals surface area contributed by atoms with Gasteiger partial charge in [-0.1, -0.05) is 0 Å². The number of hydrogen-bond donors (Lipinski definition) is 0. The first-order valence-corrected chi connectivity index (χ1v) is 5.34. The van der Waals surface area contributed by atoms with Gasteiger partial charge >= 0.3 is 0 Å². The minimum Gasteiger partial charge on any atom is -0.220 e. The molecule has 0 bridgehead atoms. The highest BCUT2D eigenvalue weighted by Crippen LogP contribution is 2.33. The van der Waals surface area contributed by atoms with Crippen molar-refractivity contribution in [2.75, 3.05) is 0 Å². The van der Waals surface area contributed by atoms with E-state index in [0.717, 1.165) is 12.2 Å². The van der Waals surface area contributed by atoms with E-state index in [2.05, 4.69) is 0 Å². The maximum absolute atomic E-state index is 13.2. The molecule has 1 unspecified atom stereocenters. The fourth-order valence-corrected chi connectivity index (χ4v) is 1.61. The predicted octanol–water partition coefficient (Wildman–Crippen LogP) is 2.03. The molecule has 0 radical (unpaired) electrons. The van der Waals surface area contributed by atoms with Crippen LogP contribution in [0.4, 0.5) is 8.78 Å². The van der Waals surface area contributed by atoms with Crippen molar-refractivity contribution >= 4 is 19.7 Å². The number of rotatable bonds is 1. The monoisotopic (exact) mass is 214 g/mol. The molecule has 0 N–H and O–H groups in total. The minimum absolute atomic E-state index is 0.582. The highest BCUT2D eigenvalue weighted by atomic mass is 35.7. The molecule has 0 saturated carbocycles. The van der Waals surface area contributed by atoms with Gasteiger partial charge in [0, 0.05) is 17.1 Å². The number of alkyl halides is 1. The average molecular weight is 215 g/mol. The molecule has 1 rings (SSSR count). The Hall–Kier alpha value is -0.420. The molecule has 0 amide bonds. The SMILES string of the molecule is O=S(=O)(Cl)C1(F)C=CC(F)=CC1. The average Bonchev–Trinajstić information content (AvgIpc) is 1.93.